The number of aryl methyl sites for hydroxylation is 1. The van der Waals surface area contributed by atoms with Crippen molar-refractivity contribution in [2.75, 3.05) is 6.54 Å². The smallest absolute Gasteiger partial charge is 0.410 e. The number of aromatic nitrogens is 2. The molecule has 0 radical (unpaired) electrons. The Morgan fingerprint density at radius 3 is 2.78 bits per heavy atom. The van der Waals surface area contributed by atoms with Crippen molar-refractivity contribution in [1.29, 1.82) is 5.26 Å². The SMILES string of the molecule is Cc1cc(Cn2cc3c(n2)CCN(C(=O)OC(C)(C)C)C3)cc(F)c1C#N. The molecule has 27 heavy (non-hydrogen) atoms. The van der Waals surface area contributed by atoms with Gasteiger partial charge in [0.2, 0.25) is 0 Å². The first kappa shape index (κ1) is 18.9. The van der Waals surface area contributed by atoms with Gasteiger partial charge in [0.1, 0.15) is 17.5 Å². The lowest BCUT2D eigenvalue weighted by Crippen LogP contribution is -2.39. The van der Waals surface area contributed by atoms with E-state index in [0.29, 0.717) is 31.6 Å². The zero-order chi connectivity index (χ0) is 19.8. The maximum absolute atomic E-state index is 14.0. The second-order valence-corrected chi connectivity index (χ2v) is 7.83. The van der Waals surface area contributed by atoms with Gasteiger partial charge in [0.25, 0.3) is 0 Å². The van der Waals surface area contributed by atoms with E-state index >= 15 is 0 Å². The van der Waals surface area contributed by atoms with Crippen LogP contribution in [-0.4, -0.2) is 32.9 Å². The predicted molar refractivity (Wildman–Crippen MR) is 97.5 cm³/mol. The summed E-state index contributed by atoms with van der Waals surface area (Å²) in [7, 11) is 0. The summed E-state index contributed by atoms with van der Waals surface area (Å²) in [6.07, 6.45) is 2.21. The first-order valence-corrected chi connectivity index (χ1v) is 8.88. The first-order chi connectivity index (χ1) is 12.7. The van der Waals surface area contributed by atoms with Gasteiger partial charge in [0, 0.05) is 24.7 Å². The maximum atomic E-state index is 14.0. The van der Waals surface area contributed by atoms with Gasteiger partial charge in [-0.1, -0.05) is 6.07 Å². The molecule has 1 aliphatic heterocycles. The third-order valence-corrected chi connectivity index (χ3v) is 4.36. The van der Waals surface area contributed by atoms with E-state index in [4.69, 9.17) is 10.00 Å². The third kappa shape index (κ3) is 4.27. The Kier molecular flexibility index (Phi) is 4.92. The Bertz CT molecular complexity index is 898. The molecule has 2 aromatic rings. The molecule has 0 aliphatic carbocycles. The third-order valence-electron chi connectivity index (χ3n) is 4.36. The number of carbonyl (C=O) groups excluding carboxylic acids is 1. The van der Waals surface area contributed by atoms with Crippen molar-refractivity contribution < 1.29 is 13.9 Å². The minimum absolute atomic E-state index is 0.0755. The molecule has 6 nitrogen and oxygen atoms in total. The number of rotatable bonds is 2. The summed E-state index contributed by atoms with van der Waals surface area (Å²) in [4.78, 5) is 13.9. The highest BCUT2D eigenvalue weighted by molar-refractivity contribution is 5.68. The van der Waals surface area contributed by atoms with Gasteiger partial charge in [-0.25, -0.2) is 9.18 Å². The molecule has 7 heteroatoms. The Balaban J connectivity index is 1.74. The fourth-order valence-electron chi connectivity index (χ4n) is 3.17. The summed E-state index contributed by atoms with van der Waals surface area (Å²) in [5.74, 6) is -0.513. The zero-order valence-electron chi connectivity index (χ0n) is 16.0. The normalized spacial score (nSPS) is 13.9. The predicted octanol–water partition coefficient (Wildman–Crippen LogP) is 3.54. The minimum atomic E-state index is -0.529. The number of benzene rings is 1. The van der Waals surface area contributed by atoms with Crippen molar-refractivity contribution in [3.63, 3.8) is 0 Å². The van der Waals surface area contributed by atoms with Crippen LogP contribution in [0.15, 0.2) is 18.3 Å². The number of carbonyl (C=O) groups is 1. The molecule has 0 unspecified atom stereocenters. The quantitative estimate of drug-likeness (QED) is 0.811. The van der Waals surface area contributed by atoms with Crippen LogP contribution in [0.1, 0.15) is 48.7 Å². The van der Waals surface area contributed by atoms with E-state index in [0.717, 1.165) is 16.8 Å². The van der Waals surface area contributed by atoms with E-state index in [2.05, 4.69) is 5.10 Å². The Labute approximate surface area is 158 Å². The molecule has 1 amide bonds. The number of amides is 1. The average Bonchev–Trinajstić information content (AvgIpc) is 2.94. The molecule has 142 valence electrons. The second-order valence-electron chi connectivity index (χ2n) is 7.83. The Hall–Kier alpha value is -2.88. The van der Waals surface area contributed by atoms with Crippen LogP contribution in [0.5, 0.6) is 0 Å². The van der Waals surface area contributed by atoms with Crippen molar-refractivity contribution in [2.24, 2.45) is 0 Å². The van der Waals surface area contributed by atoms with Crippen LogP contribution in [0.25, 0.3) is 0 Å². The van der Waals surface area contributed by atoms with E-state index in [1.807, 2.05) is 33.0 Å². The summed E-state index contributed by atoms with van der Waals surface area (Å²) in [5, 5.41) is 13.5. The van der Waals surface area contributed by atoms with E-state index in [-0.39, 0.29) is 11.7 Å². The number of nitriles is 1. The highest BCUT2D eigenvalue weighted by Gasteiger charge is 2.27. The van der Waals surface area contributed by atoms with Crippen LogP contribution in [0.2, 0.25) is 0 Å². The highest BCUT2D eigenvalue weighted by Crippen LogP contribution is 2.21. The molecule has 0 bridgehead atoms. The standard InChI is InChI=1S/C20H23FN4O2/c1-13-7-14(8-17(21)16(13)9-22)10-25-12-15-11-24(6-5-18(15)23-25)19(26)27-20(2,3)4/h7-8,12H,5-6,10-11H2,1-4H3. The minimum Gasteiger partial charge on any atom is -0.444 e. The number of hydrogen-bond donors (Lipinski definition) is 0. The molecule has 0 fully saturated rings. The summed E-state index contributed by atoms with van der Waals surface area (Å²) >= 11 is 0. The molecule has 0 spiro atoms. The summed E-state index contributed by atoms with van der Waals surface area (Å²) in [5.41, 5.74) is 2.82. The van der Waals surface area contributed by atoms with Crippen molar-refractivity contribution >= 4 is 6.09 Å². The number of ether oxygens (including phenoxy) is 1. The number of nitrogens with zero attached hydrogens (tertiary/aromatic N) is 4. The van der Waals surface area contributed by atoms with Gasteiger partial charge in [-0.2, -0.15) is 10.4 Å². The van der Waals surface area contributed by atoms with E-state index in [9.17, 15) is 9.18 Å². The largest absolute Gasteiger partial charge is 0.444 e. The summed E-state index contributed by atoms with van der Waals surface area (Å²) in [6.45, 7) is 8.67. The van der Waals surface area contributed by atoms with Crippen molar-refractivity contribution in [3.05, 3.63) is 52.1 Å². The van der Waals surface area contributed by atoms with Crippen LogP contribution in [0, 0.1) is 24.1 Å². The van der Waals surface area contributed by atoms with Crippen molar-refractivity contribution in [3.8, 4) is 6.07 Å². The average molecular weight is 370 g/mol. The number of fused-ring (bicyclic) bond motifs is 1. The van der Waals surface area contributed by atoms with Crippen LogP contribution < -0.4 is 0 Å². The first-order valence-electron chi connectivity index (χ1n) is 8.88. The molecule has 1 aromatic heterocycles. The monoisotopic (exact) mass is 370 g/mol. The molecule has 1 aliphatic rings. The van der Waals surface area contributed by atoms with E-state index < -0.39 is 11.4 Å². The lowest BCUT2D eigenvalue weighted by Gasteiger charge is -2.29. The Morgan fingerprint density at radius 2 is 2.15 bits per heavy atom. The van der Waals surface area contributed by atoms with Crippen molar-refractivity contribution in [2.45, 2.75) is 52.8 Å². The summed E-state index contributed by atoms with van der Waals surface area (Å²) < 4.78 is 21.2. The molecule has 0 atom stereocenters. The van der Waals surface area contributed by atoms with Gasteiger partial charge in [-0.15, -0.1) is 0 Å². The van der Waals surface area contributed by atoms with Crippen LogP contribution in [0.3, 0.4) is 0 Å². The zero-order valence-corrected chi connectivity index (χ0v) is 16.0. The van der Waals surface area contributed by atoms with Crippen LogP contribution in [0.4, 0.5) is 9.18 Å². The Morgan fingerprint density at radius 1 is 1.41 bits per heavy atom. The molecule has 2 heterocycles. The van der Waals surface area contributed by atoms with E-state index in [1.54, 1.807) is 22.6 Å². The van der Waals surface area contributed by atoms with Gasteiger partial charge >= 0.3 is 6.09 Å². The molecule has 0 N–H and O–H groups in total. The fourth-order valence-corrected chi connectivity index (χ4v) is 3.17. The number of halogens is 1. The lowest BCUT2D eigenvalue weighted by atomic mass is 10.1. The topological polar surface area (TPSA) is 71.2 Å². The molecule has 3 rings (SSSR count). The van der Waals surface area contributed by atoms with Gasteiger partial charge in [-0.05, 0) is 44.9 Å². The van der Waals surface area contributed by atoms with Gasteiger partial charge in [0.05, 0.1) is 24.3 Å². The molecule has 1 aromatic carbocycles. The second kappa shape index (κ2) is 7.03. The van der Waals surface area contributed by atoms with Gasteiger partial charge in [-0.3, -0.25) is 4.68 Å². The molecule has 0 saturated carbocycles. The molecular weight excluding hydrogens is 347 g/mol. The van der Waals surface area contributed by atoms with Crippen LogP contribution in [-0.2, 0) is 24.2 Å². The summed E-state index contributed by atoms with van der Waals surface area (Å²) in [6, 6.07) is 5.05. The van der Waals surface area contributed by atoms with Gasteiger partial charge in [0.15, 0.2) is 0 Å². The fraction of sp³-hybridized carbons (Fsp3) is 0.450. The molecule has 0 saturated heterocycles. The molecular formula is C20H23FN4O2. The maximum Gasteiger partial charge on any atom is 0.410 e. The van der Waals surface area contributed by atoms with Gasteiger partial charge < -0.3 is 9.64 Å². The van der Waals surface area contributed by atoms with E-state index in [1.165, 1.54) is 6.07 Å². The lowest BCUT2D eigenvalue weighted by molar-refractivity contribution is 0.0223. The van der Waals surface area contributed by atoms with Crippen LogP contribution >= 0.6 is 0 Å². The number of hydrogen-bond acceptors (Lipinski definition) is 4. The van der Waals surface area contributed by atoms with Crippen molar-refractivity contribution in [1.82, 2.24) is 14.7 Å². The highest BCUT2D eigenvalue weighted by atomic mass is 19.1.